The Labute approximate surface area is 95.3 Å². The van der Waals surface area contributed by atoms with Crippen molar-refractivity contribution in [2.75, 3.05) is 0 Å². The van der Waals surface area contributed by atoms with E-state index in [4.69, 9.17) is 10.2 Å². The fraction of sp³-hybridized carbons (Fsp3) is 0.500. The van der Waals surface area contributed by atoms with Crippen molar-refractivity contribution < 1.29 is 19.8 Å². The third-order valence-corrected chi connectivity index (χ3v) is 1.96. The first-order chi connectivity index (χ1) is 7.63. The summed E-state index contributed by atoms with van der Waals surface area (Å²) >= 11 is 0. The lowest BCUT2D eigenvalue weighted by molar-refractivity contribution is -0.137. The van der Waals surface area contributed by atoms with Crippen LogP contribution in [0.2, 0.25) is 0 Å². The molecule has 4 heteroatoms. The van der Waals surface area contributed by atoms with Crippen LogP contribution in [0, 0.1) is 0 Å². The van der Waals surface area contributed by atoms with Crippen molar-refractivity contribution >= 4 is 11.9 Å². The summed E-state index contributed by atoms with van der Waals surface area (Å²) in [5, 5.41) is 16.7. The molecule has 0 atom stereocenters. The molecular weight excluding hydrogens is 208 g/mol. The molecule has 0 bridgehead atoms. The summed E-state index contributed by atoms with van der Waals surface area (Å²) in [6, 6.07) is 0. The second kappa shape index (κ2) is 9.96. The lowest BCUT2D eigenvalue weighted by Crippen LogP contribution is -1.93. The predicted octanol–water partition coefficient (Wildman–Crippen LogP) is 2.61. The van der Waals surface area contributed by atoms with Gasteiger partial charge in [0.25, 0.3) is 0 Å². The van der Waals surface area contributed by atoms with Gasteiger partial charge in [-0.25, -0.2) is 4.79 Å². The van der Waals surface area contributed by atoms with Crippen LogP contribution in [0.25, 0.3) is 0 Å². The minimum atomic E-state index is -0.929. The SMILES string of the molecule is O=C(O)/C=C\CC=CCCCCCC(=O)O. The lowest BCUT2D eigenvalue weighted by atomic mass is 10.1. The van der Waals surface area contributed by atoms with Gasteiger partial charge in [-0.1, -0.05) is 24.6 Å². The highest BCUT2D eigenvalue weighted by atomic mass is 16.4. The first kappa shape index (κ1) is 14.4. The van der Waals surface area contributed by atoms with E-state index >= 15 is 0 Å². The number of carboxylic acid groups (broad SMARTS) is 2. The van der Waals surface area contributed by atoms with Crippen LogP contribution in [0.1, 0.15) is 38.5 Å². The van der Waals surface area contributed by atoms with Crippen LogP contribution in [-0.4, -0.2) is 22.2 Å². The van der Waals surface area contributed by atoms with E-state index in [1.165, 1.54) is 0 Å². The van der Waals surface area contributed by atoms with Crippen LogP contribution in [-0.2, 0) is 9.59 Å². The van der Waals surface area contributed by atoms with Gasteiger partial charge in [0.2, 0.25) is 0 Å². The molecule has 0 radical (unpaired) electrons. The van der Waals surface area contributed by atoms with Gasteiger partial charge >= 0.3 is 11.9 Å². The van der Waals surface area contributed by atoms with Crippen molar-refractivity contribution in [1.82, 2.24) is 0 Å². The van der Waals surface area contributed by atoms with Crippen LogP contribution in [0.5, 0.6) is 0 Å². The van der Waals surface area contributed by atoms with Crippen molar-refractivity contribution in [1.29, 1.82) is 0 Å². The van der Waals surface area contributed by atoms with Gasteiger partial charge < -0.3 is 10.2 Å². The molecule has 0 aromatic carbocycles. The largest absolute Gasteiger partial charge is 0.481 e. The summed E-state index contributed by atoms with van der Waals surface area (Å²) in [5.41, 5.74) is 0. The predicted molar refractivity (Wildman–Crippen MR) is 61.3 cm³/mol. The summed E-state index contributed by atoms with van der Waals surface area (Å²) < 4.78 is 0. The first-order valence-electron chi connectivity index (χ1n) is 5.39. The van der Waals surface area contributed by atoms with Gasteiger partial charge in [0, 0.05) is 12.5 Å². The number of hydrogen-bond donors (Lipinski definition) is 2. The maximum Gasteiger partial charge on any atom is 0.327 e. The average molecular weight is 226 g/mol. The van der Waals surface area contributed by atoms with Crippen molar-refractivity contribution in [3.8, 4) is 0 Å². The number of aliphatic carboxylic acids is 2. The highest BCUT2D eigenvalue weighted by Crippen LogP contribution is 2.03. The Morgan fingerprint density at radius 1 is 0.938 bits per heavy atom. The Balaban J connectivity index is 3.28. The van der Waals surface area contributed by atoms with E-state index in [1.807, 2.05) is 12.2 Å². The molecule has 4 nitrogen and oxygen atoms in total. The summed E-state index contributed by atoms with van der Waals surface area (Å²) in [6.07, 6.45) is 11.0. The molecule has 0 rings (SSSR count). The number of rotatable bonds is 9. The normalized spacial score (nSPS) is 11.2. The molecule has 16 heavy (non-hydrogen) atoms. The quantitative estimate of drug-likeness (QED) is 0.360. The Kier molecular flexibility index (Phi) is 8.97. The number of carbonyl (C=O) groups is 2. The first-order valence-corrected chi connectivity index (χ1v) is 5.39. The number of hydrogen-bond acceptors (Lipinski definition) is 2. The minimum Gasteiger partial charge on any atom is -0.481 e. The molecule has 0 aromatic rings. The van der Waals surface area contributed by atoms with Crippen LogP contribution >= 0.6 is 0 Å². The maximum atomic E-state index is 10.2. The highest BCUT2D eigenvalue weighted by Gasteiger charge is 1.94. The van der Waals surface area contributed by atoms with E-state index in [-0.39, 0.29) is 6.42 Å². The zero-order valence-electron chi connectivity index (χ0n) is 9.26. The zero-order chi connectivity index (χ0) is 12.2. The molecule has 0 saturated carbocycles. The minimum absolute atomic E-state index is 0.241. The van der Waals surface area contributed by atoms with Gasteiger partial charge in [0.15, 0.2) is 0 Å². The van der Waals surface area contributed by atoms with E-state index in [0.717, 1.165) is 31.8 Å². The van der Waals surface area contributed by atoms with Crippen LogP contribution in [0.4, 0.5) is 0 Å². The third kappa shape index (κ3) is 12.4. The van der Waals surface area contributed by atoms with Gasteiger partial charge in [-0.2, -0.15) is 0 Å². The molecule has 0 aliphatic rings. The average Bonchev–Trinajstić information content (AvgIpc) is 2.20. The molecular formula is C12H18O4. The Bertz CT molecular complexity index is 266. The third-order valence-electron chi connectivity index (χ3n) is 1.96. The van der Waals surface area contributed by atoms with E-state index < -0.39 is 11.9 Å². The second-order valence-corrected chi connectivity index (χ2v) is 3.44. The molecule has 0 aliphatic heterocycles. The van der Waals surface area contributed by atoms with Gasteiger partial charge in [0.05, 0.1) is 0 Å². The van der Waals surface area contributed by atoms with Crippen molar-refractivity contribution in [2.24, 2.45) is 0 Å². The van der Waals surface area contributed by atoms with Crippen molar-refractivity contribution in [3.63, 3.8) is 0 Å². The Morgan fingerprint density at radius 2 is 1.69 bits per heavy atom. The fourth-order valence-corrected chi connectivity index (χ4v) is 1.18. The maximum absolute atomic E-state index is 10.2. The molecule has 0 amide bonds. The summed E-state index contributed by atoms with van der Waals surface area (Å²) in [7, 11) is 0. The molecule has 0 aromatic heterocycles. The van der Waals surface area contributed by atoms with E-state index in [0.29, 0.717) is 6.42 Å². The molecule has 0 aliphatic carbocycles. The molecule has 90 valence electrons. The molecule has 0 saturated heterocycles. The van der Waals surface area contributed by atoms with E-state index in [1.54, 1.807) is 6.08 Å². The summed E-state index contributed by atoms with van der Waals surface area (Å²) in [4.78, 5) is 20.3. The van der Waals surface area contributed by atoms with Crippen LogP contribution in [0.3, 0.4) is 0 Å². The van der Waals surface area contributed by atoms with Crippen LogP contribution < -0.4 is 0 Å². The van der Waals surface area contributed by atoms with E-state index in [2.05, 4.69) is 0 Å². The topological polar surface area (TPSA) is 74.6 Å². The zero-order valence-corrected chi connectivity index (χ0v) is 9.26. The molecule has 0 heterocycles. The number of allylic oxidation sites excluding steroid dienone is 3. The smallest absolute Gasteiger partial charge is 0.327 e. The number of carboxylic acids is 2. The monoisotopic (exact) mass is 226 g/mol. The lowest BCUT2D eigenvalue weighted by Gasteiger charge is -1.94. The van der Waals surface area contributed by atoms with Gasteiger partial charge in [-0.3, -0.25) is 4.79 Å². The molecule has 0 unspecified atom stereocenters. The molecule has 2 N–H and O–H groups in total. The Hall–Kier alpha value is -1.58. The Morgan fingerprint density at radius 3 is 2.31 bits per heavy atom. The van der Waals surface area contributed by atoms with Crippen molar-refractivity contribution in [2.45, 2.75) is 38.5 Å². The second-order valence-electron chi connectivity index (χ2n) is 3.44. The summed E-state index contributed by atoms with van der Waals surface area (Å²) in [5.74, 6) is -1.67. The fourth-order valence-electron chi connectivity index (χ4n) is 1.18. The van der Waals surface area contributed by atoms with Gasteiger partial charge in [0.1, 0.15) is 0 Å². The highest BCUT2D eigenvalue weighted by molar-refractivity contribution is 5.79. The van der Waals surface area contributed by atoms with Gasteiger partial charge in [-0.05, 0) is 25.7 Å². The standard InChI is InChI=1S/C12H18O4/c13-11(14)9-7-5-3-1-2-4-6-8-10-12(15)16/h1,3,7,9H,2,4-6,8,10H2,(H,13,14)(H,15,16)/b3-1?,9-7-. The van der Waals surface area contributed by atoms with E-state index in [9.17, 15) is 9.59 Å². The molecule has 0 fully saturated rings. The van der Waals surface area contributed by atoms with Crippen molar-refractivity contribution in [3.05, 3.63) is 24.3 Å². The summed E-state index contributed by atoms with van der Waals surface area (Å²) in [6.45, 7) is 0. The number of unbranched alkanes of at least 4 members (excludes halogenated alkanes) is 3. The van der Waals surface area contributed by atoms with Crippen LogP contribution in [0.15, 0.2) is 24.3 Å². The van der Waals surface area contributed by atoms with Gasteiger partial charge in [-0.15, -0.1) is 0 Å². The molecule has 0 spiro atoms.